The Hall–Kier alpha value is -0.740. The van der Waals surface area contributed by atoms with Crippen LogP contribution in [0, 0.1) is 0 Å². The van der Waals surface area contributed by atoms with Crippen molar-refractivity contribution in [2.24, 2.45) is 0 Å². The number of rotatable bonds is 2. The van der Waals surface area contributed by atoms with Crippen LogP contribution >= 0.6 is 46.1 Å². The second-order valence-electron chi connectivity index (χ2n) is 3.30. The minimum absolute atomic E-state index is 0.279. The van der Waals surface area contributed by atoms with Crippen LogP contribution in [0.1, 0.15) is 15.9 Å². The molecule has 2 rings (SSSR count). The fraction of sp³-hybridized carbons (Fsp3) is 0. The Labute approximate surface area is 117 Å². The number of halogens is 3. The summed E-state index contributed by atoms with van der Waals surface area (Å²) in [4.78, 5) is 12.2. The lowest BCUT2D eigenvalue weighted by Crippen LogP contribution is -2.04. The summed E-state index contributed by atoms with van der Waals surface area (Å²) in [6, 6.07) is 6.24. The summed E-state index contributed by atoms with van der Waals surface area (Å²) < 4.78 is 0.804. The second kappa shape index (κ2) is 4.86. The van der Waals surface area contributed by atoms with Gasteiger partial charge in [0.05, 0.1) is 9.90 Å². The summed E-state index contributed by atoms with van der Waals surface area (Å²) in [5.74, 6) is -0.279. The molecule has 0 saturated heterocycles. The van der Waals surface area contributed by atoms with Crippen LogP contribution in [0.4, 0.5) is 5.69 Å². The summed E-state index contributed by atoms with van der Waals surface area (Å²) in [6.45, 7) is 0. The molecule has 0 fully saturated rings. The average Bonchev–Trinajstić information content (AvgIpc) is 2.60. The van der Waals surface area contributed by atoms with Crippen molar-refractivity contribution in [1.82, 2.24) is 0 Å². The van der Waals surface area contributed by atoms with Crippen LogP contribution in [0.25, 0.3) is 0 Å². The van der Waals surface area contributed by atoms with Crippen molar-refractivity contribution in [3.8, 4) is 0 Å². The number of ketones is 1. The lowest BCUT2D eigenvalue weighted by Gasteiger charge is -2.04. The van der Waals surface area contributed by atoms with Crippen LogP contribution in [0.3, 0.4) is 0 Å². The molecule has 0 aliphatic carbocycles. The summed E-state index contributed by atoms with van der Waals surface area (Å²) in [7, 11) is 0. The fourth-order valence-electron chi connectivity index (χ4n) is 1.37. The smallest absolute Gasteiger partial charge is 0.197 e. The van der Waals surface area contributed by atoms with E-state index in [9.17, 15) is 4.79 Å². The molecule has 0 unspecified atom stereocenters. The molecule has 0 bridgehead atoms. The topological polar surface area (TPSA) is 43.1 Å². The number of hydrogen-bond acceptors (Lipinski definition) is 3. The minimum Gasteiger partial charge on any atom is -0.398 e. The third kappa shape index (κ3) is 2.58. The highest BCUT2D eigenvalue weighted by Gasteiger charge is 2.18. The molecule has 2 aromatic rings. The first-order valence-corrected chi connectivity index (χ1v) is 6.48. The number of carbonyl (C=O) groups excluding carboxylic acids is 1. The molecule has 0 aliphatic heterocycles. The molecule has 1 aromatic carbocycles. The Morgan fingerprint density at radius 2 is 1.82 bits per heavy atom. The van der Waals surface area contributed by atoms with Crippen molar-refractivity contribution >= 4 is 57.6 Å². The Kier molecular flexibility index (Phi) is 3.64. The van der Waals surface area contributed by atoms with E-state index in [-0.39, 0.29) is 5.78 Å². The van der Waals surface area contributed by atoms with Crippen LogP contribution in [-0.2, 0) is 0 Å². The molecule has 0 amide bonds. The van der Waals surface area contributed by atoms with Crippen molar-refractivity contribution in [3.05, 3.63) is 49.1 Å². The lowest BCUT2D eigenvalue weighted by molar-refractivity contribution is 0.104. The lowest BCUT2D eigenvalue weighted by atomic mass is 10.0. The van der Waals surface area contributed by atoms with Crippen molar-refractivity contribution in [3.63, 3.8) is 0 Å². The van der Waals surface area contributed by atoms with Gasteiger partial charge in [0.15, 0.2) is 5.78 Å². The zero-order valence-corrected chi connectivity index (χ0v) is 11.4. The molecule has 6 heteroatoms. The number of benzene rings is 1. The first kappa shape index (κ1) is 12.7. The zero-order chi connectivity index (χ0) is 12.6. The largest absolute Gasteiger partial charge is 0.398 e. The molecule has 88 valence electrons. The molecule has 0 saturated carbocycles. The van der Waals surface area contributed by atoms with Crippen molar-refractivity contribution < 1.29 is 4.79 Å². The van der Waals surface area contributed by atoms with E-state index in [1.807, 2.05) is 0 Å². The summed E-state index contributed by atoms with van der Waals surface area (Å²) in [5.41, 5.74) is 6.76. The molecule has 0 aliphatic rings. The van der Waals surface area contributed by atoms with E-state index in [0.717, 1.165) is 11.3 Å². The number of nitrogen functional groups attached to an aromatic ring is 1. The Balaban J connectivity index is 2.50. The molecule has 2 N–H and O–H groups in total. The van der Waals surface area contributed by atoms with Crippen LogP contribution in [-0.4, -0.2) is 5.78 Å². The highest BCUT2D eigenvalue weighted by Crippen LogP contribution is 2.33. The van der Waals surface area contributed by atoms with Crippen LogP contribution in [0.5, 0.6) is 0 Å². The van der Waals surface area contributed by atoms with E-state index in [1.165, 1.54) is 12.1 Å². The monoisotopic (exact) mass is 305 g/mol. The quantitative estimate of drug-likeness (QED) is 0.654. The highest BCUT2D eigenvalue weighted by molar-refractivity contribution is 7.20. The van der Waals surface area contributed by atoms with Gasteiger partial charge in [0.25, 0.3) is 0 Å². The molecule has 1 heterocycles. The van der Waals surface area contributed by atoms with Crippen molar-refractivity contribution in [1.29, 1.82) is 0 Å². The SMILES string of the molecule is Nc1ccc(Cl)cc1C(=O)c1cc(Cl)sc1Cl. The summed E-state index contributed by atoms with van der Waals surface area (Å²) in [5, 5.41) is 0.444. The van der Waals surface area contributed by atoms with E-state index in [2.05, 4.69) is 0 Å². The van der Waals surface area contributed by atoms with Crippen molar-refractivity contribution in [2.75, 3.05) is 5.73 Å². The predicted octanol–water partition coefficient (Wildman–Crippen LogP) is 4.52. The average molecular weight is 307 g/mol. The predicted molar refractivity (Wildman–Crippen MR) is 73.6 cm³/mol. The van der Waals surface area contributed by atoms with Crippen molar-refractivity contribution in [2.45, 2.75) is 0 Å². The second-order valence-corrected chi connectivity index (χ2v) is 6.02. The maximum absolute atomic E-state index is 12.2. The highest BCUT2D eigenvalue weighted by atomic mass is 35.5. The zero-order valence-electron chi connectivity index (χ0n) is 8.34. The number of hydrogen-bond donors (Lipinski definition) is 1. The molecule has 0 spiro atoms. The van der Waals surface area contributed by atoms with E-state index in [4.69, 9.17) is 40.5 Å². The van der Waals surface area contributed by atoms with Gasteiger partial charge in [-0.1, -0.05) is 34.8 Å². The van der Waals surface area contributed by atoms with Gasteiger partial charge in [-0.15, -0.1) is 11.3 Å². The molecule has 17 heavy (non-hydrogen) atoms. The standard InChI is InChI=1S/C11H6Cl3NOS/c12-5-1-2-8(15)6(3-5)10(16)7-4-9(13)17-11(7)14/h1-4H,15H2. The minimum atomic E-state index is -0.279. The summed E-state index contributed by atoms with van der Waals surface area (Å²) in [6.07, 6.45) is 0. The molecular formula is C11H6Cl3NOS. The molecule has 1 aromatic heterocycles. The third-order valence-electron chi connectivity index (χ3n) is 2.16. The van der Waals surface area contributed by atoms with Gasteiger partial charge in [0.1, 0.15) is 4.34 Å². The number of nitrogens with two attached hydrogens (primary N) is 1. The maximum Gasteiger partial charge on any atom is 0.197 e. The van der Waals surface area contributed by atoms with Gasteiger partial charge in [0.2, 0.25) is 0 Å². The first-order valence-electron chi connectivity index (χ1n) is 4.53. The number of anilines is 1. The van der Waals surface area contributed by atoms with Gasteiger partial charge in [0, 0.05) is 16.3 Å². The molecule has 0 atom stereocenters. The van der Waals surface area contributed by atoms with Gasteiger partial charge >= 0.3 is 0 Å². The van der Waals surface area contributed by atoms with Crippen LogP contribution in [0.15, 0.2) is 24.3 Å². The van der Waals surface area contributed by atoms with Gasteiger partial charge in [-0.2, -0.15) is 0 Å². The van der Waals surface area contributed by atoms with Crippen LogP contribution in [0.2, 0.25) is 13.7 Å². The van der Waals surface area contributed by atoms with Gasteiger partial charge in [-0.25, -0.2) is 0 Å². The summed E-state index contributed by atoms with van der Waals surface area (Å²) >= 11 is 18.7. The van der Waals surface area contributed by atoms with Gasteiger partial charge < -0.3 is 5.73 Å². The Morgan fingerprint density at radius 1 is 1.12 bits per heavy atom. The number of thiophene rings is 1. The van der Waals surface area contributed by atoms with E-state index in [1.54, 1.807) is 12.1 Å². The van der Waals surface area contributed by atoms with Gasteiger partial charge in [-0.3, -0.25) is 4.79 Å². The molecule has 0 radical (unpaired) electrons. The normalized spacial score (nSPS) is 10.5. The van der Waals surface area contributed by atoms with E-state index in [0.29, 0.717) is 30.5 Å². The number of carbonyl (C=O) groups is 1. The van der Waals surface area contributed by atoms with Crippen LogP contribution < -0.4 is 5.73 Å². The maximum atomic E-state index is 12.2. The molecular weight excluding hydrogens is 301 g/mol. The first-order chi connectivity index (χ1) is 7.99. The van der Waals surface area contributed by atoms with Gasteiger partial charge in [-0.05, 0) is 24.3 Å². The van der Waals surface area contributed by atoms with E-state index < -0.39 is 0 Å². The fourth-order valence-corrected chi connectivity index (χ4v) is 3.00. The Bertz CT molecular complexity index is 594. The van der Waals surface area contributed by atoms with E-state index >= 15 is 0 Å². The third-order valence-corrected chi connectivity index (χ3v) is 3.88. The Morgan fingerprint density at radius 3 is 2.41 bits per heavy atom. The molecule has 2 nitrogen and oxygen atoms in total.